The summed E-state index contributed by atoms with van der Waals surface area (Å²) in [6.45, 7) is 7.16. The van der Waals surface area contributed by atoms with Gasteiger partial charge in [-0.3, -0.25) is 0 Å². The molecule has 25 heavy (non-hydrogen) atoms. The number of rotatable bonds is 4. The number of nitrogens with zero attached hydrogens (tertiary/aromatic N) is 1. The zero-order chi connectivity index (χ0) is 19.2. The Bertz CT molecular complexity index is 694. The fourth-order valence-electron chi connectivity index (χ4n) is 2.37. The van der Waals surface area contributed by atoms with Crippen molar-refractivity contribution in [3.63, 3.8) is 0 Å². The zero-order valence-corrected chi connectivity index (χ0v) is 15.8. The van der Waals surface area contributed by atoms with Gasteiger partial charge in [-0.1, -0.05) is 18.5 Å². The number of pyridine rings is 1. The van der Waals surface area contributed by atoms with Gasteiger partial charge in [0.25, 0.3) is 0 Å². The summed E-state index contributed by atoms with van der Waals surface area (Å²) in [4.78, 5) is 3.61. The van der Waals surface area contributed by atoms with E-state index in [9.17, 15) is 22.5 Å². The number of aromatic nitrogens is 1. The third kappa shape index (κ3) is 3.94. The van der Waals surface area contributed by atoms with Crippen LogP contribution in [0.25, 0.3) is 0 Å². The highest BCUT2D eigenvalue weighted by Crippen LogP contribution is 2.45. The van der Waals surface area contributed by atoms with Crippen LogP contribution in [0.1, 0.15) is 51.5 Å². The molecule has 0 saturated heterocycles. The Kier molecular flexibility index (Phi) is 5.45. The predicted molar refractivity (Wildman–Crippen MR) is 88.8 cm³/mol. The minimum atomic E-state index is -4.87. The molecule has 1 aromatic rings. The van der Waals surface area contributed by atoms with E-state index in [2.05, 4.69) is 9.71 Å². The van der Waals surface area contributed by atoms with Crippen LogP contribution in [0.2, 0.25) is 5.15 Å². The molecule has 0 amide bonds. The SMILES string of the molecule is CCC1(NS(=O)C(C)(C)C)COc2c1cc(C(O)C(F)(F)F)nc2Cl. The van der Waals surface area contributed by atoms with Gasteiger partial charge in [0.05, 0.1) is 27.0 Å². The number of halogens is 4. The Morgan fingerprint density at radius 3 is 2.56 bits per heavy atom. The molecular formula is C15H20ClF3N2O3S. The Morgan fingerprint density at radius 1 is 1.48 bits per heavy atom. The van der Waals surface area contributed by atoms with E-state index in [4.69, 9.17) is 16.3 Å². The molecule has 5 nitrogen and oxygen atoms in total. The highest BCUT2D eigenvalue weighted by Gasteiger charge is 2.46. The molecule has 142 valence electrons. The lowest BCUT2D eigenvalue weighted by molar-refractivity contribution is -0.208. The summed E-state index contributed by atoms with van der Waals surface area (Å²) in [5.41, 5.74) is -1.30. The monoisotopic (exact) mass is 400 g/mol. The summed E-state index contributed by atoms with van der Waals surface area (Å²) >= 11 is 5.96. The van der Waals surface area contributed by atoms with Crippen LogP contribution in [0.3, 0.4) is 0 Å². The lowest BCUT2D eigenvalue weighted by Crippen LogP contribution is -2.48. The van der Waals surface area contributed by atoms with E-state index in [1.807, 2.05) is 0 Å². The maximum atomic E-state index is 12.8. The summed E-state index contributed by atoms with van der Waals surface area (Å²) in [5, 5.41) is 9.23. The molecule has 1 aliphatic heterocycles. The summed E-state index contributed by atoms with van der Waals surface area (Å²) < 4.78 is 58.9. The first-order valence-corrected chi connectivity index (χ1v) is 9.13. The molecule has 1 aliphatic rings. The average molecular weight is 401 g/mol. The van der Waals surface area contributed by atoms with Crippen molar-refractivity contribution in [2.24, 2.45) is 0 Å². The molecule has 0 fully saturated rings. The molecule has 2 rings (SSSR count). The first-order chi connectivity index (χ1) is 11.3. The van der Waals surface area contributed by atoms with Crippen LogP contribution in [0.4, 0.5) is 13.2 Å². The van der Waals surface area contributed by atoms with Crippen molar-refractivity contribution in [1.29, 1.82) is 0 Å². The van der Waals surface area contributed by atoms with E-state index in [-0.39, 0.29) is 17.5 Å². The van der Waals surface area contributed by atoms with E-state index in [0.29, 0.717) is 12.0 Å². The molecule has 1 aromatic heterocycles. The highest BCUT2D eigenvalue weighted by atomic mass is 35.5. The number of hydrogen-bond donors (Lipinski definition) is 2. The van der Waals surface area contributed by atoms with E-state index in [1.54, 1.807) is 27.7 Å². The summed E-state index contributed by atoms with van der Waals surface area (Å²) in [7, 11) is -1.49. The third-order valence-corrected chi connectivity index (χ3v) is 5.91. The minimum Gasteiger partial charge on any atom is -0.488 e. The fraction of sp³-hybridized carbons (Fsp3) is 0.667. The lowest BCUT2D eigenvalue weighted by atomic mass is 9.90. The second-order valence-corrected chi connectivity index (χ2v) is 9.19. The number of nitrogens with one attached hydrogen (secondary N) is 1. The largest absolute Gasteiger partial charge is 0.488 e. The summed E-state index contributed by atoms with van der Waals surface area (Å²) in [5.74, 6) is 0.139. The molecule has 0 aromatic carbocycles. The Hall–Kier alpha value is -0.900. The summed E-state index contributed by atoms with van der Waals surface area (Å²) in [6.07, 6.45) is -7.25. The minimum absolute atomic E-state index is 0.0492. The maximum Gasteiger partial charge on any atom is 0.420 e. The van der Waals surface area contributed by atoms with Crippen LogP contribution in [0.15, 0.2) is 6.07 Å². The first kappa shape index (κ1) is 20.4. The molecule has 0 aliphatic carbocycles. The zero-order valence-electron chi connectivity index (χ0n) is 14.2. The average Bonchev–Trinajstić information content (AvgIpc) is 2.84. The molecule has 0 spiro atoms. The maximum absolute atomic E-state index is 12.8. The molecular weight excluding hydrogens is 381 g/mol. The Labute approximate surface area is 151 Å². The van der Waals surface area contributed by atoms with Crippen molar-refractivity contribution in [3.8, 4) is 5.75 Å². The van der Waals surface area contributed by atoms with Gasteiger partial charge in [-0.25, -0.2) is 13.9 Å². The second-order valence-electron chi connectivity index (χ2n) is 6.87. The van der Waals surface area contributed by atoms with Crippen molar-refractivity contribution in [3.05, 3.63) is 22.5 Å². The van der Waals surface area contributed by atoms with Gasteiger partial charge < -0.3 is 9.84 Å². The first-order valence-electron chi connectivity index (χ1n) is 7.60. The van der Waals surface area contributed by atoms with Gasteiger partial charge >= 0.3 is 6.18 Å². The molecule has 2 N–H and O–H groups in total. The van der Waals surface area contributed by atoms with E-state index < -0.39 is 39.2 Å². The topological polar surface area (TPSA) is 71.5 Å². The van der Waals surface area contributed by atoms with Gasteiger partial charge in [-0.2, -0.15) is 13.2 Å². The molecule has 10 heteroatoms. The number of aliphatic hydroxyl groups excluding tert-OH is 1. The second kappa shape index (κ2) is 6.68. The van der Waals surface area contributed by atoms with Crippen LogP contribution in [0.5, 0.6) is 5.75 Å². The third-order valence-electron chi connectivity index (χ3n) is 3.97. The number of fused-ring (bicyclic) bond motifs is 1. The standard InChI is InChI=1S/C15H20ClF3N2O3S/c1-5-14(21-25(23)13(2,3)4)7-24-10-8(14)6-9(20-12(10)16)11(22)15(17,18)19/h6,11,21-22H,5,7H2,1-4H3. The van der Waals surface area contributed by atoms with Crippen molar-refractivity contribution in [1.82, 2.24) is 9.71 Å². The number of ether oxygens (including phenoxy) is 1. The quantitative estimate of drug-likeness (QED) is 0.760. The molecule has 0 saturated carbocycles. The molecule has 0 radical (unpaired) electrons. The van der Waals surface area contributed by atoms with E-state index >= 15 is 0 Å². The summed E-state index contributed by atoms with van der Waals surface area (Å²) in [6, 6.07) is 1.11. The van der Waals surface area contributed by atoms with E-state index in [1.165, 1.54) is 0 Å². The predicted octanol–water partition coefficient (Wildman–Crippen LogP) is 3.38. The lowest BCUT2D eigenvalue weighted by Gasteiger charge is -2.31. The Morgan fingerprint density at radius 2 is 2.08 bits per heavy atom. The van der Waals surface area contributed by atoms with Crippen molar-refractivity contribution in [2.75, 3.05) is 6.61 Å². The number of hydrogen-bond acceptors (Lipinski definition) is 4. The van der Waals surface area contributed by atoms with Gasteiger partial charge in [0.2, 0.25) is 0 Å². The molecule has 0 bridgehead atoms. The van der Waals surface area contributed by atoms with Gasteiger partial charge in [-0.15, -0.1) is 0 Å². The van der Waals surface area contributed by atoms with Crippen molar-refractivity contribution in [2.45, 2.75) is 56.7 Å². The van der Waals surface area contributed by atoms with Gasteiger partial charge in [0.15, 0.2) is 17.0 Å². The fourth-order valence-corrected chi connectivity index (χ4v) is 3.60. The molecule has 3 unspecified atom stereocenters. The molecule has 2 heterocycles. The smallest absolute Gasteiger partial charge is 0.420 e. The van der Waals surface area contributed by atoms with Crippen LogP contribution in [0, 0.1) is 0 Å². The number of aliphatic hydroxyl groups is 1. The highest BCUT2D eigenvalue weighted by molar-refractivity contribution is 7.84. The van der Waals surface area contributed by atoms with Crippen LogP contribution >= 0.6 is 11.6 Å². The van der Waals surface area contributed by atoms with Crippen molar-refractivity contribution < 1.29 is 27.2 Å². The van der Waals surface area contributed by atoms with Gasteiger partial charge in [0.1, 0.15) is 6.61 Å². The van der Waals surface area contributed by atoms with Crippen molar-refractivity contribution >= 4 is 22.6 Å². The van der Waals surface area contributed by atoms with Gasteiger partial charge in [-0.05, 0) is 33.3 Å². The van der Waals surface area contributed by atoms with E-state index in [0.717, 1.165) is 6.07 Å². The normalized spacial score (nSPS) is 23.1. The number of alkyl halides is 3. The van der Waals surface area contributed by atoms with Gasteiger partial charge in [0, 0.05) is 5.56 Å². The molecule has 3 atom stereocenters. The van der Waals surface area contributed by atoms with Crippen LogP contribution in [-0.4, -0.2) is 31.8 Å². The van der Waals surface area contributed by atoms with Crippen LogP contribution < -0.4 is 9.46 Å². The Balaban J connectivity index is 2.52. The van der Waals surface area contributed by atoms with Crippen LogP contribution in [-0.2, 0) is 16.5 Å².